The van der Waals surface area contributed by atoms with Crippen molar-refractivity contribution in [1.82, 2.24) is 0 Å². The zero-order valence-corrected chi connectivity index (χ0v) is 12.5. The van der Waals surface area contributed by atoms with Crippen molar-refractivity contribution in [2.24, 2.45) is 0 Å². The molecule has 0 spiro atoms. The minimum Gasteiger partial charge on any atom is -0.456 e. The Morgan fingerprint density at radius 1 is 1.11 bits per heavy atom. The number of benzene rings is 2. The topological polar surface area (TPSA) is 33.0 Å². The fourth-order valence-electron chi connectivity index (χ4n) is 1.43. The van der Waals surface area contributed by atoms with Crippen LogP contribution in [0.1, 0.15) is 11.1 Å². The molecule has 4 heteroatoms. The molecule has 2 nitrogen and oxygen atoms in total. The first-order valence-corrected chi connectivity index (χ1v) is 7.17. The minimum absolute atomic E-state index is 0.621. The average molecular weight is 367 g/mol. The summed E-state index contributed by atoms with van der Waals surface area (Å²) in [4.78, 5) is 0. The van der Waals surface area contributed by atoms with Gasteiger partial charge in [0, 0.05) is 5.33 Å². The number of nitrogens with zero attached hydrogens (tertiary/aromatic N) is 1. The van der Waals surface area contributed by atoms with Gasteiger partial charge in [0.2, 0.25) is 0 Å². The van der Waals surface area contributed by atoms with Gasteiger partial charge in [-0.3, -0.25) is 0 Å². The maximum Gasteiger partial charge on any atom is 0.141 e. The molecule has 2 aromatic rings. The number of hydrogen-bond acceptors (Lipinski definition) is 2. The predicted molar refractivity (Wildman–Crippen MR) is 78.0 cm³/mol. The maximum atomic E-state index is 8.72. The highest BCUT2D eigenvalue weighted by Gasteiger charge is 2.04. The van der Waals surface area contributed by atoms with Crippen LogP contribution >= 0.6 is 31.9 Å². The van der Waals surface area contributed by atoms with E-state index in [1.165, 1.54) is 5.56 Å². The molecule has 0 aliphatic carbocycles. The van der Waals surface area contributed by atoms with E-state index in [0.717, 1.165) is 15.6 Å². The van der Waals surface area contributed by atoms with Gasteiger partial charge in [-0.1, -0.05) is 22.0 Å². The van der Waals surface area contributed by atoms with E-state index in [1.807, 2.05) is 18.2 Å². The maximum absolute atomic E-state index is 8.72. The molecular formula is C14H9Br2NO. The quantitative estimate of drug-likeness (QED) is 0.715. The molecule has 0 amide bonds. The first kappa shape index (κ1) is 13.1. The van der Waals surface area contributed by atoms with E-state index in [9.17, 15) is 0 Å². The lowest BCUT2D eigenvalue weighted by atomic mass is 10.2. The molecule has 0 aromatic heterocycles. The van der Waals surface area contributed by atoms with Gasteiger partial charge in [0.25, 0.3) is 0 Å². The van der Waals surface area contributed by atoms with Gasteiger partial charge in [-0.2, -0.15) is 5.26 Å². The molecule has 0 N–H and O–H groups in total. The molecule has 0 saturated heterocycles. The summed E-state index contributed by atoms with van der Waals surface area (Å²) < 4.78 is 6.64. The van der Waals surface area contributed by atoms with E-state index in [2.05, 4.69) is 37.9 Å². The normalized spacial score (nSPS) is 9.83. The summed E-state index contributed by atoms with van der Waals surface area (Å²) in [5.41, 5.74) is 1.80. The lowest BCUT2D eigenvalue weighted by Crippen LogP contribution is -1.87. The number of hydrogen-bond donors (Lipinski definition) is 0. The van der Waals surface area contributed by atoms with E-state index in [1.54, 1.807) is 24.3 Å². The molecule has 0 aliphatic heterocycles. The van der Waals surface area contributed by atoms with Crippen molar-refractivity contribution in [3.05, 3.63) is 58.1 Å². The molecule has 0 radical (unpaired) electrons. The fraction of sp³-hybridized carbons (Fsp3) is 0.0714. The lowest BCUT2D eigenvalue weighted by Gasteiger charge is -2.08. The second kappa shape index (κ2) is 6.03. The van der Waals surface area contributed by atoms with Crippen molar-refractivity contribution in [1.29, 1.82) is 5.26 Å². The molecule has 0 unspecified atom stereocenters. The standard InChI is InChI=1S/C14H9Br2NO/c15-8-11-3-6-14(13(16)7-11)18-12-4-1-10(9-17)2-5-12/h1-7H,8H2. The van der Waals surface area contributed by atoms with E-state index >= 15 is 0 Å². The Labute approximate surface area is 122 Å². The van der Waals surface area contributed by atoms with Crippen molar-refractivity contribution in [3.8, 4) is 17.6 Å². The van der Waals surface area contributed by atoms with Crippen molar-refractivity contribution in [2.75, 3.05) is 0 Å². The molecule has 2 rings (SSSR count). The van der Waals surface area contributed by atoms with Gasteiger partial charge in [0.1, 0.15) is 11.5 Å². The fourth-order valence-corrected chi connectivity index (χ4v) is 2.29. The second-order valence-corrected chi connectivity index (χ2v) is 5.05. The molecular weight excluding hydrogens is 358 g/mol. The Hall–Kier alpha value is -1.31. The van der Waals surface area contributed by atoms with Crippen LogP contribution < -0.4 is 4.74 Å². The van der Waals surface area contributed by atoms with Crippen molar-refractivity contribution < 1.29 is 4.74 Å². The third-order valence-corrected chi connectivity index (χ3v) is 3.63. The monoisotopic (exact) mass is 365 g/mol. The van der Waals surface area contributed by atoms with Gasteiger partial charge >= 0.3 is 0 Å². The Bertz CT molecular complexity index is 588. The van der Waals surface area contributed by atoms with Gasteiger partial charge < -0.3 is 4.74 Å². The number of ether oxygens (including phenoxy) is 1. The Morgan fingerprint density at radius 2 is 1.83 bits per heavy atom. The van der Waals surface area contributed by atoms with E-state index in [-0.39, 0.29) is 0 Å². The molecule has 0 fully saturated rings. The molecule has 0 aliphatic rings. The molecule has 0 bridgehead atoms. The van der Waals surface area contributed by atoms with Crippen molar-refractivity contribution in [2.45, 2.75) is 5.33 Å². The highest BCUT2D eigenvalue weighted by molar-refractivity contribution is 9.10. The Balaban J connectivity index is 2.20. The van der Waals surface area contributed by atoms with Gasteiger partial charge in [0.05, 0.1) is 16.1 Å². The number of rotatable bonds is 3. The minimum atomic E-state index is 0.621. The molecule has 0 atom stereocenters. The van der Waals surface area contributed by atoms with Crippen molar-refractivity contribution in [3.63, 3.8) is 0 Å². The van der Waals surface area contributed by atoms with Crippen LogP contribution in [-0.2, 0) is 5.33 Å². The van der Waals surface area contributed by atoms with Crippen LogP contribution in [-0.4, -0.2) is 0 Å². The van der Waals surface area contributed by atoms with Gasteiger partial charge in [-0.15, -0.1) is 0 Å². The number of nitriles is 1. The van der Waals surface area contributed by atoms with E-state index < -0.39 is 0 Å². The molecule has 0 saturated carbocycles. The SMILES string of the molecule is N#Cc1ccc(Oc2ccc(CBr)cc2Br)cc1. The predicted octanol–water partition coefficient (Wildman–Crippen LogP) is 5.01. The van der Waals surface area contributed by atoms with Crippen LogP contribution in [0.3, 0.4) is 0 Å². The lowest BCUT2D eigenvalue weighted by molar-refractivity contribution is 0.479. The first-order chi connectivity index (χ1) is 8.72. The van der Waals surface area contributed by atoms with Gasteiger partial charge in [0.15, 0.2) is 0 Å². The number of alkyl halides is 1. The van der Waals surface area contributed by atoms with E-state index in [0.29, 0.717) is 11.3 Å². The van der Waals surface area contributed by atoms with Crippen LogP contribution in [0.15, 0.2) is 46.9 Å². The summed E-state index contributed by atoms with van der Waals surface area (Å²) in [6.45, 7) is 0. The highest BCUT2D eigenvalue weighted by atomic mass is 79.9. The summed E-state index contributed by atoms with van der Waals surface area (Å²) >= 11 is 6.88. The average Bonchev–Trinajstić information content (AvgIpc) is 2.42. The zero-order valence-electron chi connectivity index (χ0n) is 9.36. The van der Waals surface area contributed by atoms with E-state index in [4.69, 9.17) is 10.00 Å². The Morgan fingerprint density at radius 3 is 2.39 bits per heavy atom. The summed E-state index contributed by atoms with van der Waals surface area (Å²) in [5, 5.41) is 9.53. The summed E-state index contributed by atoms with van der Waals surface area (Å²) in [6.07, 6.45) is 0. The molecule has 2 aromatic carbocycles. The van der Waals surface area contributed by atoms with Crippen molar-refractivity contribution >= 4 is 31.9 Å². The van der Waals surface area contributed by atoms with Crippen LogP contribution in [0.4, 0.5) is 0 Å². The molecule has 0 heterocycles. The number of halogens is 2. The first-order valence-electron chi connectivity index (χ1n) is 5.25. The third-order valence-electron chi connectivity index (χ3n) is 2.36. The van der Waals surface area contributed by atoms with Crippen LogP contribution in [0.25, 0.3) is 0 Å². The highest BCUT2D eigenvalue weighted by Crippen LogP contribution is 2.31. The largest absolute Gasteiger partial charge is 0.456 e. The van der Waals surface area contributed by atoms with Crippen LogP contribution in [0, 0.1) is 11.3 Å². The molecule has 90 valence electrons. The second-order valence-electron chi connectivity index (χ2n) is 3.64. The summed E-state index contributed by atoms with van der Waals surface area (Å²) in [7, 11) is 0. The van der Waals surface area contributed by atoms with Gasteiger partial charge in [-0.25, -0.2) is 0 Å². The summed E-state index contributed by atoms with van der Waals surface area (Å²) in [6, 6.07) is 15.0. The third kappa shape index (κ3) is 3.12. The Kier molecular flexibility index (Phi) is 4.40. The van der Waals surface area contributed by atoms with Crippen LogP contribution in [0.2, 0.25) is 0 Å². The van der Waals surface area contributed by atoms with Crippen LogP contribution in [0.5, 0.6) is 11.5 Å². The molecule has 18 heavy (non-hydrogen) atoms. The van der Waals surface area contributed by atoms with Gasteiger partial charge in [-0.05, 0) is 57.9 Å². The zero-order chi connectivity index (χ0) is 13.0. The smallest absolute Gasteiger partial charge is 0.141 e. The summed E-state index contributed by atoms with van der Waals surface area (Å²) in [5.74, 6) is 1.46.